The first-order chi connectivity index (χ1) is 10.5. The summed E-state index contributed by atoms with van der Waals surface area (Å²) in [6.07, 6.45) is 1.76. The molecule has 0 aromatic heterocycles. The minimum absolute atomic E-state index is 0.0994. The van der Waals surface area contributed by atoms with Crippen molar-refractivity contribution in [1.29, 1.82) is 0 Å². The number of anilines is 1. The predicted octanol–water partition coefficient (Wildman–Crippen LogP) is 1.45. The first kappa shape index (κ1) is 15.3. The van der Waals surface area contributed by atoms with Crippen LogP contribution in [-0.2, 0) is 9.84 Å². The Morgan fingerprint density at radius 3 is 2.55 bits per heavy atom. The molecule has 2 fully saturated rings. The van der Waals surface area contributed by atoms with Gasteiger partial charge in [0.1, 0.15) is 5.75 Å². The quantitative estimate of drug-likeness (QED) is 0.612. The van der Waals surface area contributed by atoms with E-state index in [4.69, 9.17) is 17.0 Å². The number of hydrogen-bond donors (Lipinski definition) is 0. The lowest BCUT2D eigenvalue weighted by Gasteiger charge is -2.25. The van der Waals surface area contributed by atoms with Gasteiger partial charge in [-0.25, -0.2) is 8.42 Å². The molecule has 22 heavy (non-hydrogen) atoms. The Hall–Kier alpha value is -1.60. The first-order valence-corrected chi connectivity index (χ1v) is 9.25. The van der Waals surface area contributed by atoms with Crippen LogP contribution in [0.2, 0.25) is 0 Å². The summed E-state index contributed by atoms with van der Waals surface area (Å²) in [6.45, 7) is 4.30. The summed E-state index contributed by atoms with van der Waals surface area (Å²) in [5.41, 5.74) is 0.893. The topological polar surface area (TPSA) is 49.9 Å². The van der Waals surface area contributed by atoms with Gasteiger partial charge in [-0.05, 0) is 36.5 Å². The molecule has 2 atom stereocenters. The maximum absolute atomic E-state index is 12.0. The van der Waals surface area contributed by atoms with Crippen LogP contribution in [0.4, 0.5) is 5.69 Å². The average molecular weight is 338 g/mol. The molecule has 0 unspecified atom stereocenters. The van der Waals surface area contributed by atoms with Gasteiger partial charge in [0.25, 0.3) is 0 Å². The normalized spacial score (nSPS) is 26.1. The summed E-state index contributed by atoms with van der Waals surface area (Å²) < 4.78 is 29.2. The van der Waals surface area contributed by atoms with E-state index < -0.39 is 9.84 Å². The Bertz CT molecular complexity index is 700. The first-order valence-electron chi connectivity index (χ1n) is 7.02. The zero-order valence-corrected chi connectivity index (χ0v) is 13.9. The molecule has 2 saturated heterocycles. The fourth-order valence-electron chi connectivity index (χ4n) is 3.17. The highest BCUT2D eigenvalue weighted by Crippen LogP contribution is 2.35. The third kappa shape index (κ3) is 2.48. The van der Waals surface area contributed by atoms with E-state index in [1.54, 1.807) is 13.2 Å². The molecule has 0 N–H and O–H groups in total. The van der Waals surface area contributed by atoms with Crippen LogP contribution in [0.1, 0.15) is 0 Å². The zero-order valence-electron chi connectivity index (χ0n) is 12.3. The maximum atomic E-state index is 12.0. The van der Waals surface area contributed by atoms with Gasteiger partial charge in [-0.15, -0.1) is 6.58 Å². The molecule has 1 aromatic rings. The summed E-state index contributed by atoms with van der Waals surface area (Å²) in [7, 11) is -1.42. The Morgan fingerprint density at radius 1 is 1.32 bits per heavy atom. The van der Waals surface area contributed by atoms with E-state index in [-0.39, 0.29) is 23.6 Å². The van der Waals surface area contributed by atoms with Gasteiger partial charge in [-0.3, -0.25) is 0 Å². The largest absolute Gasteiger partial charge is 0.497 e. The van der Waals surface area contributed by atoms with E-state index >= 15 is 0 Å². The number of benzene rings is 1. The smallest absolute Gasteiger partial charge is 0.177 e. The fraction of sp³-hybridized carbons (Fsp3) is 0.400. The Labute approximate surface area is 136 Å². The molecule has 1 aromatic carbocycles. The Kier molecular flexibility index (Phi) is 3.86. The standard InChI is InChI=1S/C15H18N2O3S2/c1-3-8-16-13-9-22(18,19)10-14(13)17(15(16)21)11-4-6-12(20-2)7-5-11/h3-7,13-14H,1,8-10H2,2H3/t13-,14-/m1/s1. The Balaban J connectivity index is 1.98. The molecule has 0 amide bonds. The second kappa shape index (κ2) is 5.55. The van der Waals surface area contributed by atoms with Crippen LogP contribution in [0.15, 0.2) is 36.9 Å². The number of nitrogens with zero attached hydrogens (tertiary/aromatic N) is 2. The van der Waals surface area contributed by atoms with Crippen LogP contribution >= 0.6 is 12.2 Å². The molecule has 7 heteroatoms. The molecule has 2 heterocycles. The van der Waals surface area contributed by atoms with E-state index in [0.717, 1.165) is 11.4 Å². The molecule has 0 bridgehead atoms. The van der Waals surface area contributed by atoms with E-state index in [0.29, 0.717) is 11.7 Å². The zero-order chi connectivity index (χ0) is 15.9. The van der Waals surface area contributed by atoms with Crippen LogP contribution < -0.4 is 9.64 Å². The number of fused-ring (bicyclic) bond motifs is 1. The highest BCUT2D eigenvalue weighted by Gasteiger charge is 2.51. The van der Waals surface area contributed by atoms with Crippen molar-refractivity contribution in [3.05, 3.63) is 36.9 Å². The van der Waals surface area contributed by atoms with Crippen molar-refractivity contribution in [2.45, 2.75) is 12.1 Å². The van der Waals surface area contributed by atoms with Crippen LogP contribution in [0.5, 0.6) is 5.75 Å². The van der Waals surface area contributed by atoms with Crippen molar-refractivity contribution < 1.29 is 13.2 Å². The van der Waals surface area contributed by atoms with Gasteiger partial charge in [0.05, 0.1) is 30.7 Å². The average Bonchev–Trinajstić information content (AvgIpc) is 2.91. The van der Waals surface area contributed by atoms with E-state index in [2.05, 4.69) is 6.58 Å². The minimum atomic E-state index is -3.04. The van der Waals surface area contributed by atoms with Crippen molar-refractivity contribution in [1.82, 2.24) is 4.90 Å². The molecular formula is C15H18N2O3S2. The molecule has 0 aliphatic carbocycles. The summed E-state index contributed by atoms with van der Waals surface area (Å²) in [4.78, 5) is 3.91. The molecule has 3 rings (SSSR count). The van der Waals surface area contributed by atoms with Crippen LogP contribution in [0.3, 0.4) is 0 Å². The number of ether oxygens (including phenoxy) is 1. The summed E-state index contributed by atoms with van der Waals surface area (Å²) in [5, 5.41) is 0.662. The molecule has 118 valence electrons. The molecule has 5 nitrogen and oxygen atoms in total. The van der Waals surface area contributed by atoms with Gasteiger partial charge >= 0.3 is 0 Å². The van der Waals surface area contributed by atoms with Gasteiger partial charge < -0.3 is 14.5 Å². The fourth-order valence-corrected chi connectivity index (χ4v) is 5.58. The molecular weight excluding hydrogens is 320 g/mol. The molecule has 2 aliphatic rings. The van der Waals surface area contributed by atoms with Crippen LogP contribution in [0, 0.1) is 0 Å². The molecule has 0 saturated carbocycles. The minimum Gasteiger partial charge on any atom is -0.497 e. The highest BCUT2D eigenvalue weighted by molar-refractivity contribution is 7.91. The number of methoxy groups -OCH3 is 1. The van der Waals surface area contributed by atoms with Gasteiger partial charge in [0, 0.05) is 12.2 Å². The van der Waals surface area contributed by atoms with Crippen molar-refractivity contribution in [3.8, 4) is 5.75 Å². The SMILES string of the molecule is C=CCN1C(=S)N(c2ccc(OC)cc2)[C@@H]2CS(=O)(=O)C[C@H]21. The highest BCUT2D eigenvalue weighted by atomic mass is 32.2. The third-order valence-corrected chi connectivity index (χ3v) is 6.28. The van der Waals surface area contributed by atoms with Crippen molar-refractivity contribution in [3.63, 3.8) is 0 Å². The number of rotatable bonds is 4. The van der Waals surface area contributed by atoms with Gasteiger partial charge in [0.2, 0.25) is 0 Å². The molecule has 2 aliphatic heterocycles. The van der Waals surface area contributed by atoms with E-state index in [9.17, 15) is 8.42 Å². The lowest BCUT2D eigenvalue weighted by Crippen LogP contribution is -2.37. The summed E-state index contributed by atoms with van der Waals surface area (Å²) >= 11 is 5.58. The van der Waals surface area contributed by atoms with Gasteiger partial charge in [-0.2, -0.15) is 0 Å². The van der Waals surface area contributed by atoms with Gasteiger partial charge in [-0.1, -0.05) is 6.08 Å². The lowest BCUT2D eigenvalue weighted by molar-refractivity contribution is 0.389. The van der Waals surface area contributed by atoms with E-state index in [1.165, 1.54) is 0 Å². The second-order valence-corrected chi connectivity index (χ2v) is 8.02. The summed E-state index contributed by atoms with van der Waals surface area (Å²) in [5.74, 6) is 1.04. The lowest BCUT2D eigenvalue weighted by atomic mass is 10.1. The van der Waals surface area contributed by atoms with Gasteiger partial charge in [0.15, 0.2) is 14.9 Å². The summed E-state index contributed by atoms with van der Waals surface area (Å²) in [6, 6.07) is 7.29. The van der Waals surface area contributed by atoms with E-state index in [1.807, 2.05) is 34.1 Å². The number of hydrogen-bond acceptors (Lipinski definition) is 4. The van der Waals surface area contributed by atoms with Crippen molar-refractivity contribution in [2.75, 3.05) is 30.1 Å². The monoisotopic (exact) mass is 338 g/mol. The van der Waals surface area contributed by atoms with Crippen LogP contribution in [0.25, 0.3) is 0 Å². The maximum Gasteiger partial charge on any atom is 0.177 e. The predicted molar refractivity (Wildman–Crippen MR) is 91.2 cm³/mol. The van der Waals surface area contributed by atoms with Crippen molar-refractivity contribution >= 4 is 32.9 Å². The second-order valence-electron chi connectivity index (χ2n) is 5.50. The Morgan fingerprint density at radius 2 is 1.95 bits per heavy atom. The number of sulfone groups is 1. The van der Waals surface area contributed by atoms with Crippen LogP contribution in [-0.4, -0.2) is 55.7 Å². The molecule has 0 spiro atoms. The third-order valence-electron chi connectivity index (χ3n) is 4.15. The number of thiocarbonyl (C=S) groups is 1. The van der Waals surface area contributed by atoms with Crippen molar-refractivity contribution in [2.24, 2.45) is 0 Å². The molecule has 0 radical (unpaired) electrons.